The summed E-state index contributed by atoms with van der Waals surface area (Å²) in [5.74, 6) is -0.238. The van der Waals surface area contributed by atoms with E-state index in [0.29, 0.717) is 15.6 Å². The van der Waals surface area contributed by atoms with E-state index < -0.39 is 0 Å². The van der Waals surface area contributed by atoms with Crippen molar-refractivity contribution < 1.29 is 4.79 Å². The standard InChI is InChI=1S/C21H14Cl2N2OS/c1-12-6-7-14(21-25-17-4-2-3-5-19(17)27-21)11-18(12)24-20(26)13-8-9-15(22)16(23)10-13/h2-11H,1H3,(H,24,26). The summed E-state index contributed by atoms with van der Waals surface area (Å²) in [5, 5.41) is 4.64. The van der Waals surface area contributed by atoms with Crippen molar-refractivity contribution in [2.45, 2.75) is 6.92 Å². The number of nitrogens with zero attached hydrogens (tertiary/aromatic N) is 1. The Morgan fingerprint density at radius 1 is 1.00 bits per heavy atom. The molecule has 0 atom stereocenters. The second kappa shape index (κ2) is 7.31. The van der Waals surface area contributed by atoms with E-state index in [1.54, 1.807) is 29.5 Å². The molecule has 0 radical (unpaired) electrons. The molecule has 0 unspecified atom stereocenters. The van der Waals surface area contributed by atoms with E-state index in [9.17, 15) is 4.79 Å². The van der Waals surface area contributed by atoms with E-state index in [1.807, 2.05) is 43.3 Å². The second-order valence-corrected chi connectivity index (χ2v) is 7.94. The third-order valence-electron chi connectivity index (χ3n) is 4.21. The molecule has 4 aromatic rings. The monoisotopic (exact) mass is 412 g/mol. The molecule has 0 saturated carbocycles. The summed E-state index contributed by atoms with van der Waals surface area (Å²) >= 11 is 13.6. The SMILES string of the molecule is Cc1ccc(-c2nc3ccccc3s2)cc1NC(=O)c1ccc(Cl)c(Cl)c1. The summed E-state index contributed by atoms with van der Waals surface area (Å²) in [6.45, 7) is 1.95. The summed E-state index contributed by atoms with van der Waals surface area (Å²) in [6.07, 6.45) is 0. The summed E-state index contributed by atoms with van der Waals surface area (Å²) in [5.41, 5.74) is 4.09. The highest BCUT2D eigenvalue weighted by Gasteiger charge is 2.12. The molecule has 0 saturated heterocycles. The fourth-order valence-corrected chi connectivity index (χ4v) is 3.98. The Bertz CT molecular complexity index is 1140. The van der Waals surface area contributed by atoms with Crippen molar-refractivity contribution in [1.29, 1.82) is 0 Å². The van der Waals surface area contributed by atoms with Crippen LogP contribution in [0.3, 0.4) is 0 Å². The third kappa shape index (κ3) is 3.69. The van der Waals surface area contributed by atoms with Crippen LogP contribution < -0.4 is 5.32 Å². The molecule has 6 heteroatoms. The van der Waals surface area contributed by atoms with Crippen LogP contribution in [0, 0.1) is 6.92 Å². The zero-order chi connectivity index (χ0) is 19.0. The molecule has 3 aromatic carbocycles. The average molecular weight is 413 g/mol. The molecular formula is C21H14Cl2N2OS. The number of aromatic nitrogens is 1. The number of carbonyl (C=O) groups excluding carboxylic acids is 1. The molecule has 0 aliphatic heterocycles. The first-order valence-corrected chi connectivity index (χ1v) is 9.81. The summed E-state index contributed by atoms with van der Waals surface area (Å²) in [6, 6.07) is 18.8. The molecule has 1 heterocycles. The molecule has 1 aromatic heterocycles. The van der Waals surface area contributed by atoms with Crippen LogP contribution in [0.25, 0.3) is 20.8 Å². The van der Waals surface area contributed by atoms with E-state index in [1.165, 1.54) is 0 Å². The van der Waals surface area contributed by atoms with Gasteiger partial charge in [0.2, 0.25) is 0 Å². The van der Waals surface area contributed by atoms with E-state index >= 15 is 0 Å². The highest BCUT2D eigenvalue weighted by atomic mass is 35.5. The van der Waals surface area contributed by atoms with Gasteiger partial charge in [-0.05, 0) is 48.9 Å². The number of anilines is 1. The van der Waals surface area contributed by atoms with E-state index in [4.69, 9.17) is 23.2 Å². The van der Waals surface area contributed by atoms with Crippen molar-refractivity contribution in [2.24, 2.45) is 0 Å². The predicted molar refractivity (Wildman–Crippen MR) is 114 cm³/mol. The summed E-state index contributed by atoms with van der Waals surface area (Å²) in [4.78, 5) is 17.3. The predicted octanol–water partition coefficient (Wildman–Crippen LogP) is 6.83. The molecule has 0 bridgehead atoms. The van der Waals surface area contributed by atoms with Gasteiger partial charge < -0.3 is 5.32 Å². The highest BCUT2D eigenvalue weighted by molar-refractivity contribution is 7.21. The molecular weight excluding hydrogens is 399 g/mol. The van der Waals surface area contributed by atoms with E-state index in [-0.39, 0.29) is 5.91 Å². The van der Waals surface area contributed by atoms with E-state index in [2.05, 4.69) is 16.4 Å². The van der Waals surface area contributed by atoms with Gasteiger partial charge in [-0.15, -0.1) is 11.3 Å². The molecule has 1 amide bonds. The third-order valence-corrected chi connectivity index (χ3v) is 6.03. The van der Waals surface area contributed by atoms with Gasteiger partial charge in [0.25, 0.3) is 5.91 Å². The Morgan fingerprint density at radius 3 is 2.59 bits per heavy atom. The van der Waals surface area contributed by atoms with Crippen LogP contribution in [0.2, 0.25) is 10.0 Å². The minimum Gasteiger partial charge on any atom is -0.322 e. The van der Waals surface area contributed by atoms with Gasteiger partial charge in [-0.3, -0.25) is 4.79 Å². The van der Waals surface area contributed by atoms with Crippen molar-refractivity contribution in [3.05, 3.63) is 81.8 Å². The lowest BCUT2D eigenvalue weighted by molar-refractivity contribution is 0.102. The number of hydrogen-bond acceptors (Lipinski definition) is 3. The number of para-hydroxylation sites is 1. The maximum Gasteiger partial charge on any atom is 0.255 e. The zero-order valence-electron chi connectivity index (χ0n) is 14.3. The van der Waals surface area contributed by atoms with E-state index in [0.717, 1.165) is 32.0 Å². The van der Waals surface area contributed by atoms with Gasteiger partial charge in [-0.25, -0.2) is 4.98 Å². The molecule has 27 heavy (non-hydrogen) atoms. The number of carbonyl (C=O) groups is 1. The van der Waals surface area contributed by atoms with Crippen LogP contribution in [0.15, 0.2) is 60.7 Å². The molecule has 0 fully saturated rings. The van der Waals surface area contributed by atoms with Gasteiger partial charge >= 0.3 is 0 Å². The lowest BCUT2D eigenvalue weighted by atomic mass is 10.1. The normalized spacial score (nSPS) is 10.9. The van der Waals surface area contributed by atoms with Gasteiger partial charge in [-0.2, -0.15) is 0 Å². The molecule has 0 aliphatic carbocycles. The van der Waals surface area contributed by atoms with Gasteiger partial charge in [0.1, 0.15) is 5.01 Å². The van der Waals surface area contributed by atoms with Crippen LogP contribution in [0.4, 0.5) is 5.69 Å². The highest BCUT2D eigenvalue weighted by Crippen LogP contribution is 2.32. The van der Waals surface area contributed by atoms with Crippen molar-refractivity contribution in [3.63, 3.8) is 0 Å². The molecule has 0 aliphatic rings. The van der Waals surface area contributed by atoms with Gasteiger partial charge in [0, 0.05) is 16.8 Å². The van der Waals surface area contributed by atoms with Crippen LogP contribution in [0.5, 0.6) is 0 Å². The Kier molecular flexibility index (Phi) is 4.87. The largest absolute Gasteiger partial charge is 0.322 e. The molecule has 3 nitrogen and oxygen atoms in total. The number of nitrogens with one attached hydrogen (secondary N) is 1. The maximum absolute atomic E-state index is 12.6. The van der Waals surface area contributed by atoms with Gasteiger partial charge in [0.05, 0.1) is 20.3 Å². The quantitative estimate of drug-likeness (QED) is 0.400. The van der Waals surface area contributed by atoms with Crippen LogP contribution in [-0.2, 0) is 0 Å². The van der Waals surface area contributed by atoms with Crippen molar-refractivity contribution in [2.75, 3.05) is 5.32 Å². The van der Waals surface area contributed by atoms with Crippen molar-refractivity contribution in [3.8, 4) is 10.6 Å². The number of amides is 1. The van der Waals surface area contributed by atoms with Gasteiger partial charge in [0.15, 0.2) is 0 Å². The molecule has 0 spiro atoms. The molecule has 4 rings (SSSR count). The lowest BCUT2D eigenvalue weighted by Crippen LogP contribution is -2.12. The maximum atomic E-state index is 12.6. The Hall–Kier alpha value is -2.40. The summed E-state index contributed by atoms with van der Waals surface area (Å²) < 4.78 is 1.13. The minimum atomic E-state index is -0.238. The van der Waals surface area contributed by atoms with Crippen LogP contribution in [0.1, 0.15) is 15.9 Å². The summed E-state index contributed by atoms with van der Waals surface area (Å²) in [7, 11) is 0. The van der Waals surface area contributed by atoms with Gasteiger partial charge in [-0.1, -0.05) is 47.5 Å². The average Bonchev–Trinajstić information content (AvgIpc) is 3.10. The Morgan fingerprint density at radius 2 is 1.81 bits per heavy atom. The number of halogens is 2. The van der Waals surface area contributed by atoms with Crippen LogP contribution >= 0.6 is 34.5 Å². The zero-order valence-corrected chi connectivity index (χ0v) is 16.6. The first kappa shape index (κ1) is 18.0. The topological polar surface area (TPSA) is 42.0 Å². The Labute approximate surface area is 170 Å². The molecule has 134 valence electrons. The fraction of sp³-hybridized carbons (Fsp3) is 0.0476. The number of rotatable bonds is 3. The number of fused-ring (bicyclic) bond motifs is 1. The first-order valence-electron chi connectivity index (χ1n) is 8.24. The second-order valence-electron chi connectivity index (χ2n) is 6.10. The van der Waals surface area contributed by atoms with Crippen molar-refractivity contribution >= 4 is 56.3 Å². The Balaban J connectivity index is 1.66. The van der Waals surface area contributed by atoms with Crippen molar-refractivity contribution in [1.82, 2.24) is 4.98 Å². The fourth-order valence-electron chi connectivity index (χ4n) is 2.72. The number of benzene rings is 3. The minimum absolute atomic E-state index is 0.238. The first-order chi connectivity index (χ1) is 13.0. The smallest absolute Gasteiger partial charge is 0.255 e. The number of aryl methyl sites for hydroxylation is 1. The molecule has 1 N–H and O–H groups in total. The number of hydrogen-bond donors (Lipinski definition) is 1. The lowest BCUT2D eigenvalue weighted by Gasteiger charge is -2.10. The number of thiazole rings is 1. The van der Waals surface area contributed by atoms with Crippen LogP contribution in [-0.4, -0.2) is 10.9 Å².